The molecule has 78 valence electrons. The smallest absolute Gasteiger partial charge is 0.0615 e. The first-order chi connectivity index (χ1) is 6.11. The summed E-state index contributed by atoms with van der Waals surface area (Å²) >= 11 is 0. The zero-order valence-corrected chi connectivity index (χ0v) is 8.35. The molecular weight excluding hydrogens is 168 g/mol. The average Bonchev–Trinajstić information content (AvgIpc) is 2.93. The van der Waals surface area contributed by atoms with Gasteiger partial charge in [0, 0.05) is 19.1 Å². The number of hydrogen-bond donors (Lipinski definition) is 3. The van der Waals surface area contributed by atoms with E-state index in [1.54, 1.807) is 0 Å². The molecule has 0 radical (unpaired) electrons. The second kappa shape index (κ2) is 4.40. The van der Waals surface area contributed by atoms with Crippen LogP contribution in [0.15, 0.2) is 0 Å². The van der Waals surface area contributed by atoms with Crippen molar-refractivity contribution in [3.05, 3.63) is 0 Å². The first-order valence-electron chi connectivity index (χ1n) is 5.01. The lowest BCUT2D eigenvalue weighted by molar-refractivity contribution is 0.0262. The maximum Gasteiger partial charge on any atom is 0.0615 e. The van der Waals surface area contributed by atoms with Gasteiger partial charge in [0.25, 0.3) is 0 Å². The maximum atomic E-state index is 9.77. The molecule has 0 spiro atoms. The lowest BCUT2D eigenvalue weighted by Gasteiger charge is -2.23. The van der Waals surface area contributed by atoms with Gasteiger partial charge < -0.3 is 15.3 Å². The summed E-state index contributed by atoms with van der Waals surface area (Å²) in [7, 11) is 0. The Balaban J connectivity index is 2.35. The molecular formula is C10H20O3. The number of hydrogen-bond acceptors (Lipinski definition) is 3. The van der Waals surface area contributed by atoms with Gasteiger partial charge in [0.2, 0.25) is 0 Å². The third kappa shape index (κ3) is 2.42. The average molecular weight is 188 g/mol. The van der Waals surface area contributed by atoms with Crippen LogP contribution in [0.4, 0.5) is 0 Å². The Bertz CT molecular complexity index is 160. The Morgan fingerprint density at radius 2 is 1.92 bits per heavy atom. The van der Waals surface area contributed by atoms with Crippen molar-refractivity contribution >= 4 is 0 Å². The monoisotopic (exact) mass is 188 g/mol. The summed E-state index contributed by atoms with van der Waals surface area (Å²) in [5.74, 6) is 0.971. The van der Waals surface area contributed by atoms with Crippen molar-refractivity contribution in [3.8, 4) is 0 Å². The molecule has 1 aliphatic rings. The predicted octanol–water partition coefficient (Wildman–Crippen LogP) is 0.240. The van der Waals surface area contributed by atoms with Gasteiger partial charge in [0.1, 0.15) is 0 Å². The van der Waals surface area contributed by atoms with Crippen LogP contribution in [0.2, 0.25) is 0 Å². The highest BCUT2D eigenvalue weighted by atomic mass is 16.3. The minimum Gasteiger partial charge on any atom is -0.396 e. The third-order valence-corrected chi connectivity index (χ3v) is 3.30. The lowest BCUT2D eigenvalue weighted by atomic mass is 9.89. The molecule has 0 saturated heterocycles. The standard InChI is InChI=1S/C10H20O3/c1-6(4-11)10(13)7(2)9-3-8(9)5-12/h6-13H,3-5H2,1-2H3/t6-,7?,8?,9?,10?/m1/s1. The molecule has 3 N–H and O–H groups in total. The van der Waals surface area contributed by atoms with E-state index in [0.29, 0.717) is 11.8 Å². The van der Waals surface area contributed by atoms with E-state index in [4.69, 9.17) is 10.2 Å². The van der Waals surface area contributed by atoms with Gasteiger partial charge in [-0.25, -0.2) is 0 Å². The van der Waals surface area contributed by atoms with Crippen molar-refractivity contribution in [2.45, 2.75) is 26.4 Å². The summed E-state index contributed by atoms with van der Waals surface area (Å²) in [6, 6.07) is 0. The quantitative estimate of drug-likeness (QED) is 0.579. The summed E-state index contributed by atoms with van der Waals surface area (Å²) in [6.45, 7) is 4.10. The van der Waals surface area contributed by atoms with E-state index in [1.807, 2.05) is 13.8 Å². The van der Waals surface area contributed by atoms with Crippen molar-refractivity contribution in [2.24, 2.45) is 23.7 Å². The lowest BCUT2D eigenvalue weighted by Crippen LogP contribution is -2.29. The summed E-state index contributed by atoms with van der Waals surface area (Å²) < 4.78 is 0. The van der Waals surface area contributed by atoms with Crippen molar-refractivity contribution < 1.29 is 15.3 Å². The van der Waals surface area contributed by atoms with Crippen molar-refractivity contribution in [1.29, 1.82) is 0 Å². The Hall–Kier alpha value is -0.120. The molecule has 3 heteroatoms. The predicted molar refractivity (Wildman–Crippen MR) is 50.1 cm³/mol. The molecule has 1 aliphatic carbocycles. The molecule has 0 aromatic carbocycles. The van der Waals surface area contributed by atoms with E-state index in [2.05, 4.69) is 0 Å². The second-order valence-corrected chi connectivity index (χ2v) is 4.35. The number of aliphatic hydroxyl groups is 3. The van der Waals surface area contributed by atoms with E-state index in [0.717, 1.165) is 6.42 Å². The van der Waals surface area contributed by atoms with E-state index in [-0.39, 0.29) is 25.0 Å². The maximum absolute atomic E-state index is 9.77. The molecule has 0 aromatic heterocycles. The topological polar surface area (TPSA) is 60.7 Å². The fourth-order valence-corrected chi connectivity index (χ4v) is 2.00. The van der Waals surface area contributed by atoms with E-state index >= 15 is 0 Å². The first-order valence-corrected chi connectivity index (χ1v) is 5.01. The fraction of sp³-hybridized carbons (Fsp3) is 1.00. The van der Waals surface area contributed by atoms with Gasteiger partial charge in [-0.1, -0.05) is 13.8 Å². The van der Waals surface area contributed by atoms with Crippen molar-refractivity contribution in [3.63, 3.8) is 0 Å². The van der Waals surface area contributed by atoms with Gasteiger partial charge in [-0.2, -0.15) is 0 Å². The van der Waals surface area contributed by atoms with Crippen LogP contribution >= 0.6 is 0 Å². The van der Waals surface area contributed by atoms with Crippen LogP contribution < -0.4 is 0 Å². The zero-order chi connectivity index (χ0) is 10.0. The number of rotatable bonds is 5. The molecule has 0 amide bonds. The summed E-state index contributed by atoms with van der Waals surface area (Å²) in [6.07, 6.45) is 0.582. The van der Waals surface area contributed by atoms with Crippen molar-refractivity contribution in [2.75, 3.05) is 13.2 Å². The third-order valence-electron chi connectivity index (χ3n) is 3.30. The minimum absolute atomic E-state index is 0.0298. The first kappa shape index (κ1) is 11.0. The highest BCUT2D eigenvalue weighted by molar-refractivity contribution is 4.92. The molecule has 1 saturated carbocycles. The normalized spacial score (nSPS) is 33.9. The van der Waals surface area contributed by atoms with Gasteiger partial charge in [0.15, 0.2) is 0 Å². The van der Waals surface area contributed by atoms with Gasteiger partial charge in [-0.3, -0.25) is 0 Å². The molecule has 0 aromatic rings. The SMILES string of the molecule is CC(C1CC1CO)C(O)[C@H](C)CO. The van der Waals surface area contributed by atoms with E-state index < -0.39 is 6.10 Å². The molecule has 4 unspecified atom stereocenters. The van der Waals surface area contributed by atoms with Crippen LogP contribution in [0.1, 0.15) is 20.3 Å². The Morgan fingerprint density at radius 1 is 1.31 bits per heavy atom. The van der Waals surface area contributed by atoms with Crippen molar-refractivity contribution in [1.82, 2.24) is 0 Å². The molecule has 0 bridgehead atoms. The van der Waals surface area contributed by atoms with E-state index in [9.17, 15) is 5.11 Å². The Labute approximate surface area is 79.4 Å². The van der Waals surface area contributed by atoms with E-state index in [1.165, 1.54) is 0 Å². The van der Waals surface area contributed by atoms with Crippen LogP contribution in [0.3, 0.4) is 0 Å². The zero-order valence-electron chi connectivity index (χ0n) is 8.35. The van der Waals surface area contributed by atoms with Crippen LogP contribution in [0, 0.1) is 23.7 Å². The van der Waals surface area contributed by atoms with Crippen LogP contribution in [0.5, 0.6) is 0 Å². The van der Waals surface area contributed by atoms with Gasteiger partial charge >= 0.3 is 0 Å². The molecule has 5 atom stereocenters. The highest BCUT2D eigenvalue weighted by Gasteiger charge is 2.43. The number of aliphatic hydroxyl groups excluding tert-OH is 3. The minimum atomic E-state index is -0.438. The molecule has 0 heterocycles. The summed E-state index contributed by atoms with van der Waals surface area (Å²) in [4.78, 5) is 0. The molecule has 13 heavy (non-hydrogen) atoms. The Morgan fingerprint density at radius 3 is 2.31 bits per heavy atom. The molecule has 1 rings (SSSR count). The van der Waals surface area contributed by atoms with Gasteiger partial charge in [-0.05, 0) is 24.2 Å². The molecule has 0 aliphatic heterocycles. The van der Waals surface area contributed by atoms with Crippen LogP contribution in [0.25, 0.3) is 0 Å². The van der Waals surface area contributed by atoms with Gasteiger partial charge in [-0.15, -0.1) is 0 Å². The van der Waals surface area contributed by atoms with Crippen LogP contribution in [-0.4, -0.2) is 34.6 Å². The summed E-state index contributed by atoms with van der Waals surface area (Å²) in [5.41, 5.74) is 0. The summed E-state index contributed by atoms with van der Waals surface area (Å²) in [5, 5.41) is 27.5. The largest absolute Gasteiger partial charge is 0.396 e. The fourth-order valence-electron chi connectivity index (χ4n) is 2.00. The molecule has 3 nitrogen and oxygen atoms in total. The highest BCUT2D eigenvalue weighted by Crippen LogP contribution is 2.45. The van der Waals surface area contributed by atoms with Crippen LogP contribution in [-0.2, 0) is 0 Å². The van der Waals surface area contributed by atoms with Gasteiger partial charge in [0.05, 0.1) is 6.10 Å². The Kier molecular flexibility index (Phi) is 3.71. The second-order valence-electron chi connectivity index (χ2n) is 4.35. The molecule has 1 fully saturated rings.